The zero-order valence-electron chi connectivity index (χ0n) is 41.9. The molecule has 394 valence electrons. The molecule has 22 nitrogen and oxygen atoms in total. The number of aromatic amines is 2. The SMILES string of the molecule is CC(C)[C@H](NC(=O)[C@H](C)NC(=O)[C@H](Cc1c[nH]c2ccccc12)NC(=O)[C@@H](N)CCC(N)=O)C(=O)NCCC(=O)N(C)[C@@H](Cc1cnc[nH]1)C(=O)N[C@@H](Cc1ccccc1)C(=O)N[C@@H](CC1CCCC1)C(N)=O. The number of nitrogens with zero attached hydrogens (tertiary/aromatic N) is 2. The number of hydrogen-bond acceptors (Lipinski definition) is 11. The van der Waals surface area contributed by atoms with Crippen molar-refractivity contribution in [2.75, 3.05) is 13.6 Å². The first-order valence-electron chi connectivity index (χ1n) is 24.8. The Hall–Kier alpha value is -7.62. The molecule has 5 rings (SSSR count). The number of nitrogens with one attached hydrogen (secondary N) is 8. The molecular weight excluding hydrogens is 939 g/mol. The number of para-hydroxylation sites is 1. The van der Waals surface area contributed by atoms with Gasteiger partial charge in [0.1, 0.15) is 36.3 Å². The second-order valence-electron chi connectivity index (χ2n) is 19.1. The van der Waals surface area contributed by atoms with Crippen molar-refractivity contribution >= 4 is 64.1 Å². The molecule has 1 aliphatic rings. The van der Waals surface area contributed by atoms with Crippen molar-refractivity contribution in [1.82, 2.24) is 51.8 Å². The molecule has 0 bridgehead atoms. The summed E-state index contributed by atoms with van der Waals surface area (Å²) < 4.78 is 0. The third-order valence-electron chi connectivity index (χ3n) is 13.2. The molecule has 1 saturated carbocycles. The Kier molecular flexibility index (Phi) is 21.0. The zero-order valence-corrected chi connectivity index (χ0v) is 41.9. The molecule has 0 spiro atoms. The second kappa shape index (κ2) is 27.3. The van der Waals surface area contributed by atoms with Gasteiger partial charge in [-0.15, -0.1) is 0 Å². The Bertz CT molecular complexity index is 2530. The van der Waals surface area contributed by atoms with E-state index in [9.17, 15) is 43.2 Å². The lowest BCUT2D eigenvalue weighted by Gasteiger charge is -2.30. The van der Waals surface area contributed by atoms with Crippen molar-refractivity contribution in [2.45, 2.75) is 134 Å². The van der Waals surface area contributed by atoms with Gasteiger partial charge >= 0.3 is 0 Å². The lowest BCUT2D eigenvalue weighted by atomic mass is 9.97. The minimum Gasteiger partial charge on any atom is -0.370 e. The largest absolute Gasteiger partial charge is 0.370 e. The lowest BCUT2D eigenvalue weighted by Crippen LogP contribution is -2.58. The summed E-state index contributed by atoms with van der Waals surface area (Å²) in [6, 6.07) is 8.51. The third-order valence-corrected chi connectivity index (χ3v) is 13.2. The van der Waals surface area contributed by atoms with E-state index in [1.807, 2.05) is 30.3 Å². The Morgan fingerprint density at radius 1 is 0.712 bits per heavy atom. The van der Waals surface area contributed by atoms with E-state index < -0.39 is 101 Å². The van der Waals surface area contributed by atoms with Crippen LogP contribution in [0.1, 0.15) is 89.0 Å². The van der Waals surface area contributed by atoms with Crippen LogP contribution in [0.15, 0.2) is 73.3 Å². The molecule has 0 aliphatic heterocycles. The van der Waals surface area contributed by atoms with E-state index in [0.717, 1.165) is 42.1 Å². The molecule has 4 aromatic rings. The normalized spacial score (nSPS) is 15.4. The van der Waals surface area contributed by atoms with Gasteiger partial charge in [0.25, 0.3) is 0 Å². The first kappa shape index (κ1) is 56.3. The maximum atomic E-state index is 14.3. The van der Waals surface area contributed by atoms with Crippen LogP contribution in [-0.4, -0.2) is 129 Å². The summed E-state index contributed by atoms with van der Waals surface area (Å²) in [5, 5.41) is 17.1. The molecule has 14 N–H and O–H groups in total. The maximum absolute atomic E-state index is 14.3. The van der Waals surface area contributed by atoms with Crippen molar-refractivity contribution in [3.8, 4) is 0 Å². The summed E-state index contributed by atoms with van der Waals surface area (Å²) in [4.78, 5) is 131. The van der Waals surface area contributed by atoms with Gasteiger partial charge < -0.3 is 64.0 Å². The number of benzene rings is 2. The summed E-state index contributed by atoms with van der Waals surface area (Å²) in [7, 11) is 1.43. The summed E-state index contributed by atoms with van der Waals surface area (Å²) in [5.41, 5.74) is 19.8. The van der Waals surface area contributed by atoms with Crippen LogP contribution in [0.2, 0.25) is 0 Å². The molecule has 2 heterocycles. The summed E-state index contributed by atoms with van der Waals surface area (Å²) in [5.74, 6) is -6.05. The fourth-order valence-electron chi connectivity index (χ4n) is 8.82. The topological polar surface area (TPSA) is 352 Å². The second-order valence-corrected chi connectivity index (χ2v) is 19.1. The highest BCUT2D eigenvalue weighted by Crippen LogP contribution is 2.28. The summed E-state index contributed by atoms with van der Waals surface area (Å²) in [6.07, 6.45) is 8.60. The van der Waals surface area contributed by atoms with Gasteiger partial charge in [0.2, 0.25) is 53.2 Å². The summed E-state index contributed by atoms with van der Waals surface area (Å²) >= 11 is 0. The van der Waals surface area contributed by atoms with Crippen LogP contribution in [-0.2, 0) is 62.4 Å². The predicted octanol–water partition coefficient (Wildman–Crippen LogP) is 0.0105. The van der Waals surface area contributed by atoms with Gasteiger partial charge in [-0.25, -0.2) is 4.98 Å². The van der Waals surface area contributed by atoms with Crippen molar-refractivity contribution in [3.63, 3.8) is 0 Å². The fourth-order valence-corrected chi connectivity index (χ4v) is 8.82. The summed E-state index contributed by atoms with van der Waals surface area (Å²) in [6.45, 7) is 4.64. The highest BCUT2D eigenvalue weighted by atomic mass is 16.2. The molecule has 9 amide bonds. The maximum Gasteiger partial charge on any atom is 0.243 e. The van der Waals surface area contributed by atoms with E-state index in [2.05, 4.69) is 46.9 Å². The molecule has 7 atom stereocenters. The molecule has 2 aromatic carbocycles. The van der Waals surface area contributed by atoms with Gasteiger partial charge in [-0.3, -0.25) is 43.2 Å². The van der Waals surface area contributed by atoms with Crippen LogP contribution in [0.4, 0.5) is 0 Å². The zero-order chi connectivity index (χ0) is 53.2. The van der Waals surface area contributed by atoms with Crippen LogP contribution >= 0.6 is 0 Å². The highest BCUT2D eigenvalue weighted by Gasteiger charge is 2.35. The van der Waals surface area contributed by atoms with E-state index in [0.29, 0.717) is 17.7 Å². The molecule has 73 heavy (non-hydrogen) atoms. The predicted molar refractivity (Wildman–Crippen MR) is 271 cm³/mol. The molecule has 1 aliphatic carbocycles. The average Bonchev–Trinajstić information content (AvgIpc) is 4.17. The fraction of sp³-hybridized carbons (Fsp3) is 0.490. The molecule has 1 fully saturated rings. The van der Waals surface area contributed by atoms with E-state index in [-0.39, 0.29) is 51.0 Å². The van der Waals surface area contributed by atoms with Crippen LogP contribution in [0.3, 0.4) is 0 Å². The van der Waals surface area contributed by atoms with Crippen molar-refractivity contribution in [3.05, 3.63) is 90.1 Å². The minimum absolute atomic E-state index is 0.0114. The molecular formula is C51H71N13O9. The van der Waals surface area contributed by atoms with Gasteiger partial charge in [-0.05, 0) is 48.8 Å². The monoisotopic (exact) mass is 1010 g/mol. The van der Waals surface area contributed by atoms with Crippen molar-refractivity contribution < 1.29 is 43.2 Å². The third kappa shape index (κ3) is 17.0. The number of rotatable bonds is 28. The first-order chi connectivity index (χ1) is 34.8. The molecule has 0 radical (unpaired) electrons. The Morgan fingerprint density at radius 3 is 2.01 bits per heavy atom. The van der Waals surface area contributed by atoms with Gasteiger partial charge in [-0.2, -0.15) is 0 Å². The number of imidazole rings is 1. The molecule has 0 unspecified atom stereocenters. The Labute approximate surface area is 424 Å². The number of carbonyl (C=O) groups is 9. The number of fused-ring (bicyclic) bond motifs is 1. The average molecular weight is 1010 g/mol. The smallest absolute Gasteiger partial charge is 0.243 e. The van der Waals surface area contributed by atoms with Gasteiger partial charge in [-0.1, -0.05) is 88.1 Å². The number of hydrogen-bond donors (Lipinski definition) is 11. The van der Waals surface area contributed by atoms with E-state index in [1.165, 1.54) is 31.4 Å². The van der Waals surface area contributed by atoms with Gasteiger partial charge in [0.15, 0.2) is 0 Å². The first-order valence-corrected chi connectivity index (χ1v) is 24.8. The number of aromatic nitrogens is 3. The number of carbonyl (C=O) groups excluding carboxylic acids is 9. The van der Waals surface area contributed by atoms with Crippen LogP contribution in [0.5, 0.6) is 0 Å². The van der Waals surface area contributed by atoms with Crippen molar-refractivity contribution in [1.29, 1.82) is 0 Å². The van der Waals surface area contributed by atoms with Crippen LogP contribution in [0, 0.1) is 11.8 Å². The van der Waals surface area contributed by atoms with E-state index >= 15 is 0 Å². The number of likely N-dealkylation sites (N-methyl/N-ethyl adjacent to an activating group) is 1. The standard InChI is InChI=1S/C51H71N13O9/c1-29(2)44(63-46(68)30(3)59-48(70)40(61-47(69)36(52)18-19-42(53)65)24-33-26-57-37-17-11-10-16-35(33)37)51(73)56-21-20-43(66)64(4)41(25-34-27-55-28-58-34)50(72)62-39(23-32-12-6-5-7-13-32)49(71)60-38(45(54)67)22-31-14-8-9-15-31/h5-7,10-13,16-17,26-31,36,38-41,44,57H,8-9,14-15,18-25,52H2,1-4H3,(H2,53,65)(H2,54,67)(H,55,58)(H,56,73)(H,59,70)(H,60,71)(H,61,69)(H,62,72)(H,63,68)/t30-,36-,38-,39-,40-,41-,44-/m0/s1. The number of primary amides is 2. The van der Waals surface area contributed by atoms with Crippen LogP contribution in [0.25, 0.3) is 10.9 Å². The quantitative estimate of drug-likeness (QED) is 0.0360. The molecule has 22 heteroatoms. The van der Waals surface area contributed by atoms with Crippen molar-refractivity contribution in [2.24, 2.45) is 29.0 Å². The number of H-pyrrole nitrogens is 2. The van der Waals surface area contributed by atoms with Crippen LogP contribution < -0.4 is 49.1 Å². The van der Waals surface area contributed by atoms with E-state index in [4.69, 9.17) is 17.2 Å². The number of amides is 9. The van der Waals surface area contributed by atoms with E-state index in [1.54, 1.807) is 44.3 Å². The Morgan fingerprint density at radius 2 is 1.36 bits per heavy atom. The van der Waals surface area contributed by atoms with Gasteiger partial charge in [0.05, 0.1) is 12.4 Å². The minimum atomic E-state index is -1.20. The van der Waals surface area contributed by atoms with Gasteiger partial charge in [0, 0.05) is 74.7 Å². The Balaban J connectivity index is 1.21. The lowest BCUT2D eigenvalue weighted by molar-refractivity contribution is -0.140. The molecule has 2 aromatic heterocycles. The highest BCUT2D eigenvalue weighted by molar-refractivity contribution is 5.96. The molecule has 0 saturated heterocycles. The number of nitrogens with two attached hydrogens (primary N) is 3.